The minimum atomic E-state index is -1.05. The number of hydrogen-bond donors (Lipinski definition) is 0. The summed E-state index contributed by atoms with van der Waals surface area (Å²) in [5.74, 6) is -1.11. The van der Waals surface area contributed by atoms with Crippen LogP contribution >= 0.6 is 0 Å². The fourth-order valence-electron chi connectivity index (χ4n) is 4.65. The molecule has 2 amide bonds. The van der Waals surface area contributed by atoms with Crippen molar-refractivity contribution in [2.75, 3.05) is 16.6 Å². The topological polar surface area (TPSA) is 102 Å². The van der Waals surface area contributed by atoms with Gasteiger partial charge in [0.05, 0.1) is 28.9 Å². The molecule has 2 fully saturated rings. The van der Waals surface area contributed by atoms with Gasteiger partial charge < -0.3 is 4.74 Å². The normalized spacial score (nSPS) is 21.1. The third-order valence-corrected chi connectivity index (χ3v) is 6.41. The van der Waals surface area contributed by atoms with Crippen molar-refractivity contribution in [3.63, 3.8) is 0 Å². The number of rotatable bonds is 8. The fourth-order valence-corrected chi connectivity index (χ4v) is 4.65. The first-order chi connectivity index (χ1) is 17.5. The van der Waals surface area contributed by atoms with Crippen LogP contribution in [0.1, 0.15) is 31.4 Å². The van der Waals surface area contributed by atoms with E-state index in [0.29, 0.717) is 29.3 Å². The number of amides is 2. The Morgan fingerprint density at radius 1 is 0.944 bits per heavy atom. The lowest BCUT2D eigenvalue weighted by atomic mass is 9.90. The van der Waals surface area contributed by atoms with Gasteiger partial charge in [-0.15, -0.1) is 0 Å². The van der Waals surface area contributed by atoms with Gasteiger partial charge in [0, 0.05) is 12.1 Å². The molecule has 0 aliphatic carbocycles. The number of nitro groups is 1. The van der Waals surface area contributed by atoms with Gasteiger partial charge >= 0.3 is 0 Å². The Morgan fingerprint density at radius 3 is 2.39 bits per heavy atom. The number of unbranched alkanes of at least 4 members (excludes halogenated alkanes) is 1. The highest BCUT2D eigenvalue weighted by atomic mass is 16.7. The third kappa shape index (κ3) is 4.18. The highest BCUT2D eigenvalue weighted by Crippen LogP contribution is 2.48. The van der Waals surface area contributed by atoms with Crippen LogP contribution in [0.3, 0.4) is 0 Å². The molecule has 3 atom stereocenters. The first kappa shape index (κ1) is 23.5. The number of carbonyl (C=O) groups excluding carboxylic acids is 2. The van der Waals surface area contributed by atoms with Crippen LogP contribution in [-0.4, -0.2) is 29.4 Å². The van der Waals surface area contributed by atoms with E-state index in [1.54, 1.807) is 48.5 Å². The number of carbonyl (C=O) groups is 2. The molecule has 0 spiro atoms. The number of hydrogen-bond acceptors (Lipinski definition) is 7. The van der Waals surface area contributed by atoms with Gasteiger partial charge in [0.15, 0.2) is 6.10 Å². The van der Waals surface area contributed by atoms with Crippen molar-refractivity contribution in [2.45, 2.75) is 31.9 Å². The van der Waals surface area contributed by atoms with Gasteiger partial charge in [-0.1, -0.05) is 43.7 Å². The lowest BCUT2D eigenvalue weighted by molar-refractivity contribution is -0.384. The molecule has 0 bridgehead atoms. The molecule has 2 saturated heterocycles. The molecule has 0 unspecified atom stereocenters. The number of non-ortho nitro benzene ring substituents is 1. The van der Waals surface area contributed by atoms with Gasteiger partial charge in [0.2, 0.25) is 5.91 Å². The number of nitrogens with zero attached hydrogens (tertiary/aromatic N) is 3. The van der Waals surface area contributed by atoms with Crippen LogP contribution in [0, 0.1) is 16.0 Å². The Balaban J connectivity index is 1.49. The molecule has 3 aromatic carbocycles. The number of ether oxygens (including phenoxy) is 1. The Morgan fingerprint density at radius 2 is 1.69 bits per heavy atom. The first-order valence-corrected chi connectivity index (χ1v) is 11.9. The first-order valence-electron chi connectivity index (χ1n) is 11.9. The molecule has 184 valence electrons. The second kappa shape index (κ2) is 9.79. The third-order valence-electron chi connectivity index (χ3n) is 6.41. The molecule has 0 aromatic heterocycles. The van der Waals surface area contributed by atoms with E-state index < -0.39 is 34.8 Å². The number of anilines is 2. The number of hydroxylamine groups is 1. The molecule has 2 heterocycles. The van der Waals surface area contributed by atoms with Gasteiger partial charge in [0.1, 0.15) is 11.7 Å². The predicted octanol–water partition coefficient (Wildman–Crippen LogP) is 4.82. The Bertz CT molecular complexity index is 1280. The van der Waals surface area contributed by atoms with Crippen molar-refractivity contribution in [3.8, 4) is 5.75 Å². The zero-order chi connectivity index (χ0) is 25.2. The maximum Gasteiger partial charge on any atom is 0.269 e. The maximum atomic E-state index is 13.7. The summed E-state index contributed by atoms with van der Waals surface area (Å²) in [6.07, 6.45) is 0.897. The molecular weight excluding hydrogens is 462 g/mol. The molecule has 0 N–H and O–H groups in total. The lowest BCUT2D eigenvalue weighted by Gasteiger charge is -2.28. The van der Waals surface area contributed by atoms with E-state index in [1.165, 1.54) is 17.2 Å². The number of benzene rings is 3. The molecule has 0 radical (unpaired) electrons. The number of imide groups is 1. The molecule has 9 nitrogen and oxygen atoms in total. The van der Waals surface area contributed by atoms with Crippen molar-refractivity contribution >= 4 is 28.9 Å². The lowest BCUT2D eigenvalue weighted by Crippen LogP contribution is -2.37. The smallest absolute Gasteiger partial charge is 0.269 e. The predicted molar refractivity (Wildman–Crippen MR) is 132 cm³/mol. The highest BCUT2D eigenvalue weighted by Gasteiger charge is 2.60. The maximum absolute atomic E-state index is 13.7. The summed E-state index contributed by atoms with van der Waals surface area (Å²) >= 11 is 0. The molecule has 2 aliphatic heterocycles. The van der Waals surface area contributed by atoms with Gasteiger partial charge in [-0.3, -0.25) is 24.5 Å². The van der Waals surface area contributed by atoms with Gasteiger partial charge in [-0.25, -0.2) is 9.96 Å². The standard InChI is InChI=1S/C27H25N3O6/c1-2-3-16-35-22-14-12-19(13-15-22)28-26(31)23-24(18-8-7-11-21(17-18)30(33)34)29(36-25(23)27(28)32)20-9-5-4-6-10-20/h4-15,17,23-25H,2-3,16H2,1H3/t23-,24+,25-/m0/s1. The van der Waals surface area contributed by atoms with E-state index in [0.717, 1.165) is 17.7 Å². The van der Waals surface area contributed by atoms with E-state index in [-0.39, 0.29) is 5.69 Å². The van der Waals surface area contributed by atoms with Crippen molar-refractivity contribution in [2.24, 2.45) is 5.92 Å². The zero-order valence-corrected chi connectivity index (χ0v) is 19.7. The van der Waals surface area contributed by atoms with Crippen LogP contribution < -0.4 is 14.7 Å². The fraction of sp³-hybridized carbons (Fsp3) is 0.259. The van der Waals surface area contributed by atoms with Crippen LogP contribution in [-0.2, 0) is 14.4 Å². The minimum absolute atomic E-state index is 0.101. The van der Waals surface area contributed by atoms with Crippen LogP contribution in [0.15, 0.2) is 78.9 Å². The van der Waals surface area contributed by atoms with Crippen molar-refractivity contribution in [1.29, 1.82) is 0 Å². The summed E-state index contributed by atoms with van der Waals surface area (Å²) in [7, 11) is 0. The van der Waals surface area contributed by atoms with Crippen LogP contribution in [0.5, 0.6) is 5.75 Å². The van der Waals surface area contributed by atoms with Gasteiger partial charge in [0.25, 0.3) is 11.6 Å². The molecular formula is C27H25N3O6. The number of fused-ring (bicyclic) bond motifs is 1. The van der Waals surface area contributed by atoms with Crippen LogP contribution in [0.25, 0.3) is 0 Å². The average molecular weight is 488 g/mol. The molecule has 9 heteroatoms. The van der Waals surface area contributed by atoms with Crippen molar-refractivity contribution < 1.29 is 24.1 Å². The Hall–Kier alpha value is -4.24. The molecule has 5 rings (SSSR count). The average Bonchev–Trinajstić information content (AvgIpc) is 3.41. The molecule has 2 aliphatic rings. The summed E-state index contributed by atoms with van der Waals surface area (Å²) in [4.78, 5) is 45.3. The summed E-state index contributed by atoms with van der Waals surface area (Å²) in [6.45, 7) is 2.67. The van der Waals surface area contributed by atoms with E-state index in [4.69, 9.17) is 9.57 Å². The second-order valence-electron chi connectivity index (χ2n) is 8.72. The largest absolute Gasteiger partial charge is 0.494 e. The number of nitro benzene ring substituents is 1. The van der Waals surface area contributed by atoms with Gasteiger partial charge in [-0.05, 0) is 48.4 Å². The van der Waals surface area contributed by atoms with E-state index in [1.807, 2.05) is 18.2 Å². The SMILES string of the molecule is CCCCOc1ccc(N2C(=O)[C@@H]3[C@H](ON(c4ccccc4)[C@@H]3c3cccc([N+](=O)[O-])c3)C2=O)cc1. The summed E-state index contributed by atoms with van der Waals surface area (Å²) in [5.41, 5.74) is 1.48. The summed E-state index contributed by atoms with van der Waals surface area (Å²) in [5, 5.41) is 13.0. The summed E-state index contributed by atoms with van der Waals surface area (Å²) in [6, 6.07) is 21.3. The molecule has 0 saturated carbocycles. The number of para-hydroxylation sites is 1. The quantitative estimate of drug-likeness (QED) is 0.194. The minimum Gasteiger partial charge on any atom is -0.494 e. The second-order valence-corrected chi connectivity index (χ2v) is 8.72. The monoisotopic (exact) mass is 487 g/mol. The Kier molecular flexibility index (Phi) is 6.39. The highest BCUT2D eigenvalue weighted by molar-refractivity contribution is 6.23. The van der Waals surface area contributed by atoms with Crippen molar-refractivity contribution in [1.82, 2.24) is 0 Å². The van der Waals surface area contributed by atoms with E-state index >= 15 is 0 Å². The molecule has 3 aromatic rings. The zero-order valence-electron chi connectivity index (χ0n) is 19.7. The van der Waals surface area contributed by atoms with Crippen LogP contribution in [0.2, 0.25) is 0 Å². The van der Waals surface area contributed by atoms with Gasteiger partial charge in [-0.2, -0.15) is 0 Å². The van der Waals surface area contributed by atoms with Crippen molar-refractivity contribution in [3.05, 3.63) is 94.5 Å². The Labute approximate surface area is 207 Å². The van der Waals surface area contributed by atoms with E-state index in [2.05, 4.69) is 6.92 Å². The molecule has 36 heavy (non-hydrogen) atoms. The summed E-state index contributed by atoms with van der Waals surface area (Å²) < 4.78 is 5.69. The van der Waals surface area contributed by atoms with Crippen LogP contribution in [0.4, 0.5) is 17.1 Å². The van der Waals surface area contributed by atoms with E-state index in [9.17, 15) is 19.7 Å².